The molecule has 0 saturated carbocycles. The Morgan fingerprint density at radius 2 is 1.60 bits per heavy atom. The highest BCUT2D eigenvalue weighted by molar-refractivity contribution is 5.26. The molecule has 0 fully saturated rings. The zero-order valence-corrected chi connectivity index (χ0v) is 9.92. The van der Waals surface area contributed by atoms with Crippen molar-refractivity contribution in [3.63, 3.8) is 0 Å². The van der Waals surface area contributed by atoms with E-state index in [4.69, 9.17) is 4.74 Å². The largest absolute Gasteiger partial charge is 0.491 e. The van der Waals surface area contributed by atoms with E-state index in [1.165, 1.54) is 18.4 Å². The van der Waals surface area contributed by atoms with E-state index in [1.807, 2.05) is 31.2 Å². The van der Waals surface area contributed by atoms with Gasteiger partial charge in [-0.2, -0.15) is 0 Å². The zero-order valence-electron chi connectivity index (χ0n) is 9.92. The van der Waals surface area contributed by atoms with Crippen LogP contribution >= 0.6 is 0 Å². The standard InChI is InChI=1S/C9H11FO.C4H10/c1-8-2-4-9(5-3-8)11-7-6-10;1-3-4-2/h2-5H,6-7H2,1H3;3-4H2,1-2H3. The van der Waals surface area contributed by atoms with Crippen LogP contribution in [0.4, 0.5) is 4.39 Å². The van der Waals surface area contributed by atoms with Crippen LogP contribution in [0.1, 0.15) is 32.3 Å². The number of hydrogen-bond acceptors (Lipinski definition) is 1. The molecule has 0 heterocycles. The Hall–Kier alpha value is -1.05. The minimum Gasteiger partial charge on any atom is -0.491 e. The van der Waals surface area contributed by atoms with Gasteiger partial charge in [-0.3, -0.25) is 0 Å². The molecule has 1 aromatic rings. The number of benzene rings is 1. The Bertz CT molecular complexity index is 229. The van der Waals surface area contributed by atoms with Crippen molar-refractivity contribution in [2.75, 3.05) is 13.3 Å². The summed E-state index contributed by atoms with van der Waals surface area (Å²) in [5.41, 5.74) is 1.18. The second-order valence-electron chi connectivity index (χ2n) is 3.35. The highest BCUT2D eigenvalue weighted by atomic mass is 19.1. The molecule has 0 radical (unpaired) electrons. The number of alkyl halides is 1. The predicted molar refractivity (Wildman–Crippen MR) is 63.2 cm³/mol. The lowest BCUT2D eigenvalue weighted by Crippen LogP contribution is -1.97. The maximum Gasteiger partial charge on any atom is 0.123 e. The first-order valence-corrected chi connectivity index (χ1v) is 5.50. The lowest BCUT2D eigenvalue weighted by Gasteiger charge is -2.02. The van der Waals surface area contributed by atoms with Crippen LogP contribution in [0.3, 0.4) is 0 Å². The van der Waals surface area contributed by atoms with Crippen LogP contribution in [-0.4, -0.2) is 13.3 Å². The van der Waals surface area contributed by atoms with Gasteiger partial charge in [-0.1, -0.05) is 44.4 Å². The van der Waals surface area contributed by atoms with Gasteiger partial charge in [0.25, 0.3) is 0 Å². The Balaban J connectivity index is 0.000000423. The van der Waals surface area contributed by atoms with Gasteiger partial charge in [0.15, 0.2) is 0 Å². The third kappa shape index (κ3) is 7.98. The summed E-state index contributed by atoms with van der Waals surface area (Å²) in [6, 6.07) is 7.55. The van der Waals surface area contributed by atoms with Gasteiger partial charge in [-0.05, 0) is 19.1 Å². The summed E-state index contributed by atoms with van der Waals surface area (Å²) >= 11 is 0. The van der Waals surface area contributed by atoms with Crippen molar-refractivity contribution in [2.24, 2.45) is 0 Å². The second-order valence-corrected chi connectivity index (χ2v) is 3.35. The number of ether oxygens (including phenoxy) is 1. The number of rotatable bonds is 4. The average molecular weight is 212 g/mol. The first-order chi connectivity index (χ1) is 7.24. The molecule has 0 atom stereocenters. The molecule has 0 saturated heterocycles. The summed E-state index contributed by atoms with van der Waals surface area (Å²) in [5, 5.41) is 0. The quantitative estimate of drug-likeness (QED) is 0.728. The van der Waals surface area contributed by atoms with Gasteiger partial charge in [0, 0.05) is 0 Å². The molecule has 0 unspecified atom stereocenters. The van der Waals surface area contributed by atoms with Crippen molar-refractivity contribution in [3.05, 3.63) is 29.8 Å². The van der Waals surface area contributed by atoms with Crippen LogP contribution < -0.4 is 4.74 Å². The molecular formula is C13H21FO. The first kappa shape index (κ1) is 13.9. The SMILES string of the molecule is CCCC.Cc1ccc(OCCF)cc1. The Kier molecular flexibility index (Phi) is 8.84. The molecule has 0 aliphatic rings. The molecule has 1 rings (SSSR count). The number of aryl methyl sites for hydroxylation is 1. The van der Waals surface area contributed by atoms with Crippen molar-refractivity contribution < 1.29 is 9.13 Å². The van der Waals surface area contributed by atoms with E-state index < -0.39 is 6.67 Å². The lowest BCUT2D eigenvalue weighted by atomic mass is 10.2. The summed E-state index contributed by atoms with van der Waals surface area (Å²) < 4.78 is 16.7. The van der Waals surface area contributed by atoms with E-state index in [1.54, 1.807) is 0 Å². The minimum atomic E-state index is -0.437. The van der Waals surface area contributed by atoms with Crippen LogP contribution in [0.2, 0.25) is 0 Å². The number of halogens is 1. The van der Waals surface area contributed by atoms with E-state index in [-0.39, 0.29) is 6.61 Å². The van der Waals surface area contributed by atoms with Crippen molar-refractivity contribution in [2.45, 2.75) is 33.6 Å². The van der Waals surface area contributed by atoms with Gasteiger partial charge in [-0.25, -0.2) is 4.39 Å². The number of unbranched alkanes of at least 4 members (excludes halogenated alkanes) is 1. The minimum absolute atomic E-state index is 0.142. The summed E-state index contributed by atoms with van der Waals surface area (Å²) in [7, 11) is 0. The predicted octanol–water partition coefficient (Wildman–Crippen LogP) is 4.15. The second kappa shape index (κ2) is 9.50. The summed E-state index contributed by atoms with van der Waals surface area (Å²) in [6.45, 7) is 6.07. The summed E-state index contributed by atoms with van der Waals surface area (Å²) in [4.78, 5) is 0. The van der Waals surface area contributed by atoms with E-state index in [9.17, 15) is 4.39 Å². The van der Waals surface area contributed by atoms with Crippen LogP contribution in [-0.2, 0) is 0 Å². The van der Waals surface area contributed by atoms with E-state index in [2.05, 4.69) is 13.8 Å². The molecule has 0 aromatic heterocycles. The average Bonchev–Trinajstić information content (AvgIpc) is 2.29. The highest BCUT2D eigenvalue weighted by Crippen LogP contribution is 2.10. The monoisotopic (exact) mass is 212 g/mol. The highest BCUT2D eigenvalue weighted by Gasteiger charge is 1.90. The van der Waals surface area contributed by atoms with E-state index >= 15 is 0 Å². The lowest BCUT2D eigenvalue weighted by molar-refractivity contribution is 0.273. The summed E-state index contributed by atoms with van der Waals surface area (Å²) in [5.74, 6) is 0.730. The van der Waals surface area contributed by atoms with Gasteiger partial charge in [0.1, 0.15) is 19.0 Å². The third-order valence-corrected chi connectivity index (χ3v) is 1.87. The van der Waals surface area contributed by atoms with Crippen LogP contribution in [0, 0.1) is 6.92 Å². The van der Waals surface area contributed by atoms with Gasteiger partial charge >= 0.3 is 0 Å². The first-order valence-electron chi connectivity index (χ1n) is 5.50. The van der Waals surface area contributed by atoms with Crippen LogP contribution in [0.5, 0.6) is 5.75 Å². The van der Waals surface area contributed by atoms with Crippen LogP contribution in [0.25, 0.3) is 0 Å². The van der Waals surface area contributed by atoms with Gasteiger partial charge < -0.3 is 4.74 Å². The molecule has 0 aliphatic heterocycles. The van der Waals surface area contributed by atoms with Gasteiger partial charge in [0.2, 0.25) is 0 Å². The summed E-state index contributed by atoms with van der Waals surface area (Å²) in [6.07, 6.45) is 2.64. The third-order valence-electron chi connectivity index (χ3n) is 1.87. The molecule has 0 aliphatic carbocycles. The molecule has 0 amide bonds. The number of hydrogen-bond donors (Lipinski definition) is 0. The smallest absolute Gasteiger partial charge is 0.123 e. The van der Waals surface area contributed by atoms with E-state index in [0.717, 1.165) is 5.75 Å². The van der Waals surface area contributed by atoms with Crippen molar-refractivity contribution >= 4 is 0 Å². The Labute approximate surface area is 92.3 Å². The van der Waals surface area contributed by atoms with Crippen molar-refractivity contribution in [1.29, 1.82) is 0 Å². The molecule has 15 heavy (non-hydrogen) atoms. The topological polar surface area (TPSA) is 9.23 Å². The Morgan fingerprint density at radius 1 is 1.07 bits per heavy atom. The molecular weight excluding hydrogens is 191 g/mol. The molecule has 1 aromatic carbocycles. The maximum absolute atomic E-state index is 11.6. The zero-order chi connectivity index (χ0) is 11.5. The van der Waals surface area contributed by atoms with Crippen molar-refractivity contribution in [3.8, 4) is 5.75 Å². The normalized spacial score (nSPS) is 9.07. The fraction of sp³-hybridized carbons (Fsp3) is 0.538. The molecule has 0 bridgehead atoms. The fourth-order valence-electron chi connectivity index (χ4n) is 0.791. The Morgan fingerprint density at radius 3 is 2.00 bits per heavy atom. The van der Waals surface area contributed by atoms with Gasteiger partial charge in [0.05, 0.1) is 0 Å². The molecule has 86 valence electrons. The van der Waals surface area contributed by atoms with Crippen LogP contribution in [0.15, 0.2) is 24.3 Å². The van der Waals surface area contributed by atoms with Gasteiger partial charge in [-0.15, -0.1) is 0 Å². The van der Waals surface area contributed by atoms with E-state index in [0.29, 0.717) is 0 Å². The molecule has 0 N–H and O–H groups in total. The molecule has 2 heteroatoms. The fourth-order valence-corrected chi connectivity index (χ4v) is 0.791. The molecule has 0 spiro atoms. The maximum atomic E-state index is 11.6. The molecule has 1 nitrogen and oxygen atoms in total. The van der Waals surface area contributed by atoms with Crippen molar-refractivity contribution in [1.82, 2.24) is 0 Å².